The fourth-order valence-corrected chi connectivity index (χ4v) is 11.2. The summed E-state index contributed by atoms with van der Waals surface area (Å²) < 4.78 is 34.4. The lowest BCUT2D eigenvalue weighted by Crippen LogP contribution is -2.37. The maximum atomic E-state index is 12.9. The molecule has 0 rings (SSSR count). The standard InChI is InChI=1S/C88H146NO8P/c1-6-8-10-12-14-16-18-20-22-24-26-28-30-32-34-36-38-40-42-43-44-45-47-49-51-53-55-57-59-61-63-65-67-69-71-73-75-77-79-81-88(91)97-86(85-96-98(92,93)95-83-82-89(3,4)5)84-94-87(90)80-78-76-74-72-70-68-66-64-62-60-58-56-54-52-50-48-46-41-39-37-35-33-31-29-27-25-23-21-19-17-15-13-11-9-7-2/h8-11,14-17,20-23,26-29,32-35,38-41,43-44,47-50,86H,6-7,12-13,18-19,24-25,30-31,36-37,42,45-46,51-85H2,1-5H3/b10-8-,11-9-,16-14-,17-15-,22-20-,23-21-,28-26-,29-27-,34-32-,35-33-,40-38-,41-39-,44-43-,49-47-,50-48-. The van der Waals surface area contributed by atoms with Crippen molar-refractivity contribution in [3.63, 3.8) is 0 Å². The molecule has 0 aliphatic carbocycles. The summed E-state index contributed by atoms with van der Waals surface area (Å²) in [4.78, 5) is 38.2. The molecule has 0 aliphatic heterocycles. The fourth-order valence-electron chi connectivity index (χ4n) is 10.5. The number of carbonyl (C=O) groups excluding carboxylic acids is 2. The van der Waals surface area contributed by atoms with Gasteiger partial charge in [0, 0.05) is 12.8 Å². The lowest BCUT2D eigenvalue weighted by Gasteiger charge is -2.28. The number of nitrogens with zero attached hydrogens (tertiary/aromatic N) is 1. The van der Waals surface area contributed by atoms with Crippen molar-refractivity contribution < 1.29 is 42.1 Å². The van der Waals surface area contributed by atoms with E-state index >= 15 is 0 Å². The molecule has 9 nitrogen and oxygen atoms in total. The number of phosphoric acid groups is 1. The molecule has 0 bridgehead atoms. The number of allylic oxidation sites excluding steroid dienone is 30. The van der Waals surface area contributed by atoms with Crippen molar-refractivity contribution in [1.29, 1.82) is 0 Å². The second-order valence-corrected chi connectivity index (χ2v) is 28.4. The average Bonchev–Trinajstić information content (AvgIpc) is 1.23. The minimum absolute atomic E-state index is 0.0379. The average molecular weight is 1380 g/mol. The summed E-state index contributed by atoms with van der Waals surface area (Å²) in [6.45, 7) is 4.02. The van der Waals surface area contributed by atoms with E-state index in [1.807, 2.05) is 21.1 Å². The van der Waals surface area contributed by atoms with Gasteiger partial charge in [-0.2, -0.15) is 0 Å². The van der Waals surface area contributed by atoms with Crippen LogP contribution in [-0.2, 0) is 32.7 Å². The van der Waals surface area contributed by atoms with Crippen LogP contribution >= 0.6 is 7.82 Å². The van der Waals surface area contributed by atoms with Crippen LogP contribution < -0.4 is 4.89 Å². The maximum Gasteiger partial charge on any atom is 0.306 e. The number of esters is 2. The molecule has 2 atom stereocenters. The third kappa shape index (κ3) is 80.1. The van der Waals surface area contributed by atoms with Gasteiger partial charge in [0.2, 0.25) is 0 Å². The highest BCUT2D eigenvalue weighted by atomic mass is 31.2. The van der Waals surface area contributed by atoms with Gasteiger partial charge < -0.3 is 27.9 Å². The van der Waals surface area contributed by atoms with Crippen LogP contribution in [0.5, 0.6) is 0 Å². The molecular formula is C88H146NO8P. The minimum Gasteiger partial charge on any atom is -0.756 e. The minimum atomic E-state index is -4.66. The summed E-state index contributed by atoms with van der Waals surface area (Å²) >= 11 is 0. The van der Waals surface area contributed by atoms with Crippen LogP contribution in [0.15, 0.2) is 182 Å². The van der Waals surface area contributed by atoms with E-state index in [9.17, 15) is 19.0 Å². The Balaban J connectivity index is 4.04. The molecule has 0 aromatic rings. The predicted octanol–water partition coefficient (Wildman–Crippen LogP) is 26.0. The molecule has 0 fully saturated rings. The van der Waals surface area contributed by atoms with Crippen LogP contribution in [0.2, 0.25) is 0 Å². The Kier molecular flexibility index (Phi) is 72.5. The molecule has 0 radical (unpaired) electrons. The van der Waals surface area contributed by atoms with Crippen molar-refractivity contribution >= 4 is 19.8 Å². The highest BCUT2D eigenvalue weighted by Gasteiger charge is 2.22. The molecule has 10 heteroatoms. The van der Waals surface area contributed by atoms with E-state index in [4.69, 9.17) is 18.5 Å². The molecule has 0 N–H and O–H groups in total. The zero-order chi connectivity index (χ0) is 71.1. The number of hydrogen-bond acceptors (Lipinski definition) is 8. The van der Waals surface area contributed by atoms with Gasteiger partial charge >= 0.3 is 11.9 Å². The lowest BCUT2D eigenvalue weighted by molar-refractivity contribution is -0.870. The lowest BCUT2D eigenvalue weighted by atomic mass is 10.0. The van der Waals surface area contributed by atoms with Crippen molar-refractivity contribution in [1.82, 2.24) is 0 Å². The Bertz CT molecular complexity index is 2320. The summed E-state index contributed by atoms with van der Waals surface area (Å²) in [6.07, 6.45) is 117. The second-order valence-electron chi connectivity index (χ2n) is 27.0. The van der Waals surface area contributed by atoms with Crippen molar-refractivity contribution in [2.75, 3.05) is 47.5 Å². The molecule has 0 saturated carbocycles. The summed E-state index contributed by atoms with van der Waals surface area (Å²) in [5.74, 6) is -0.837. The fraction of sp³-hybridized carbons (Fsp3) is 0.636. The zero-order valence-corrected chi connectivity index (χ0v) is 64.3. The van der Waals surface area contributed by atoms with E-state index < -0.39 is 26.5 Å². The second kappa shape index (κ2) is 76.3. The van der Waals surface area contributed by atoms with Gasteiger partial charge in [-0.3, -0.25) is 14.2 Å². The van der Waals surface area contributed by atoms with Crippen molar-refractivity contribution in [2.24, 2.45) is 0 Å². The third-order valence-electron chi connectivity index (χ3n) is 16.4. The van der Waals surface area contributed by atoms with Gasteiger partial charge in [0.15, 0.2) is 6.10 Å². The molecule has 0 aromatic heterocycles. The van der Waals surface area contributed by atoms with Gasteiger partial charge in [-0.05, 0) is 135 Å². The highest BCUT2D eigenvalue weighted by molar-refractivity contribution is 7.45. The smallest absolute Gasteiger partial charge is 0.306 e. The number of likely N-dealkylation sites (N-methyl/N-ethyl adjacent to an activating group) is 1. The molecule has 0 aliphatic rings. The first-order chi connectivity index (χ1) is 48.0. The van der Waals surface area contributed by atoms with E-state index in [1.165, 1.54) is 135 Å². The van der Waals surface area contributed by atoms with Crippen LogP contribution in [0.3, 0.4) is 0 Å². The van der Waals surface area contributed by atoms with Crippen LogP contribution in [-0.4, -0.2) is 70.0 Å². The first-order valence-corrected chi connectivity index (χ1v) is 41.0. The predicted molar refractivity (Wildman–Crippen MR) is 424 cm³/mol. The first-order valence-electron chi connectivity index (χ1n) is 39.5. The van der Waals surface area contributed by atoms with E-state index in [2.05, 4.69) is 196 Å². The number of unbranched alkanes of at least 4 members (excludes halogenated alkanes) is 27. The van der Waals surface area contributed by atoms with Crippen LogP contribution in [0.25, 0.3) is 0 Å². The Labute approximate surface area is 603 Å². The zero-order valence-electron chi connectivity index (χ0n) is 63.4. The van der Waals surface area contributed by atoms with Crippen LogP contribution in [0.4, 0.5) is 0 Å². The van der Waals surface area contributed by atoms with Crippen LogP contribution in [0.1, 0.15) is 309 Å². The SMILES string of the molecule is CC/C=C\C/C=C\C/C=C\C/C=C\C/C=C\C/C=C\C/C=C\C/C=C\CCCCCCCCCCCCCCCCC(=O)OC(COC(=O)CCCCCCCCCCCCCCC/C=C\C/C=C\C/C=C\C/C=C\C/C=C\C/C=C\C/C=C\CC)COP(=O)([O-])OCC[N+](C)(C)C. The topological polar surface area (TPSA) is 111 Å². The number of rotatable bonds is 71. The molecular weight excluding hydrogens is 1230 g/mol. The number of quaternary nitrogens is 1. The van der Waals surface area contributed by atoms with Crippen LogP contribution in [0, 0.1) is 0 Å². The maximum absolute atomic E-state index is 12.9. The normalized spacial score (nSPS) is 14.1. The molecule has 0 aromatic carbocycles. The molecule has 0 amide bonds. The van der Waals surface area contributed by atoms with Gasteiger partial charge in [-0.25, -0.2) is 0 Å². The van der Waals surface area contributed by atoms with E-state index in [1.54, 1.807) is 0 Å². The summed E-state index contributed by atoms with van der Waals surface area (Å²) in [5, 5.41) is 0. The van der Waals surface area contributed by atoms with Gasteiger partial charge in [0.25, 0.3) is 7.82 Å². The largest absolute Gasteiger partial charge is 0.756 e. The molecule has 556 valence electrons. The van der Waals surface area contributed by atoms with Gasteiger partial charge in [-0.1, -0.05) is 344 Å². The number of hydrogen-bond donors (Lipinski definition) is 0. The Morgan fingerprint density at radius 1 is 0.316 bits per heavy atom. The molecule has 2 unspecified atom stereocenters. The van der Waals surface area contributed by atoms with E-state index in [-0.39, 0.29) is 32.0 Å². The molecule has 0 heterocycles. The summed E-state index contributed by atoms with van der Waals surface area (Å²) in [7, 11) is 1.15. The van der Waals surface area contributed by atoms with Gasteiger partial charge in [0.05, 0.1) is 27.7 Å². The third-order valence-corrected chi connectivity index (χ3v) is 17.4. The molecule has 0 spiro atoms. The van der Waals surface area contributed by atoms with Crippen molar-refractivity contribution in [2.45, 2.75) is 315 Å². The Morgan fingerprint density at radius 3 is 0.816 bits per heavy atom. The van der Waals surface area contributed by atoms with Gasteiger partial charge in [0.1, 0.15) is 19.8 Å². The Morgan fingerprint density at radius 2 is 0.551 bits per heavy atom. The number of ether oxygens (including phenoxy) is 2. The highest BCUT2D eigenvalue weighted by Crippen LogP contribution is 2.38. The summed E-state index contributed by atoms with van der Waals surface area (Å²) in [5.41, 5.74) is 0. The quantitative estimate of drug-likeness (QED) is 0.0195. The van der Waals surface area contributed by atoms with Crippen molar-refractivity contribution in [3.8, 4) is 0 Å². The number of phosphoric ester groups is 1. The molecule has 0 saturated heterocycles. The van der Waals surface area contributed by atoms with E-state index in [0.717, 1.165) is 141 Å². The number of carbonyl (C=O) groups is 2. The van der Waals surface area contributed by atoms with Crippen molar-refractivity contribution in [3.05, 3.63) is 182 Å². The monoisotopic (exact) mass is 1380 g/mol. The van der Waals surface area contributed by atoms with E-state index in [0.29, 0.717) is 17.4 Å². The first kappa shape index (κ1) is 93.1. The summed E-state index contributed by atoms with van der Waals surface area (Å²) in [6, 6.07) is 0. The van der Waals surface area contributed by atoms with Gasteiger partial charge in [-0.15, -0.1) is 0 Å². The molecule has 98 heavy (non-hydrogen) atoms. The Hall–Kier alpha value is -4.89.